The van der Waals surface area contributed by atoms with Crippen LogP contribution in [0.5, 0.6) is 23.0 Å². The summed E-state index contributed by atoms with van der Waals surface area (Å²) >= 11 is 6.45. The number of nitrogens with zero attached hydrogens (tertiary/aromatic N) is 1. The van der Waals surface area contributed by atoms with Crippen LogP contribution in [-0.2, 0) is 9.59 Å². The summed E-state index contributed by atoms with van der Waals surface area (Å²) in [6.07, 6.45) is 1.39. The highest BCUT2D eigenvalue weighted by molar-refractivity contribution is 6.32. The van der Waals surface area contributed by atoms with E-state index in [4.69, 9.17) is 30.5 Å². The molecule has 2 N–H and O–H groups in total. The molecule has 0 atom stereocenters. The van der Waals surface area contributed by atoms with E-state index >= 15 is 0 Å². The van der Waals surface area contributed by atoms with Crippen molar-refractivity contribution in [3.63, 3.8) is 0 Å². The van der Waals surface area contributed by atoms with E-state index in [1.54, 1.807) is 68.6 Å². The molecule has 9 nitrogen and oxygen atoms in total. The molecule has 0 aliphatic rings. The number of nitrogens with one attached hydrogen (secondary N) is 2. The lowest BCUT2D eigenvalue weighted by Crippen LogP contribution is -2.20. The standard InChI is InChI=1S/C29H28ClN3O6/c1-4-37-24-12-8-22(9-13-24)33-29(35)20(17-31)14-19-15-25(30)28(26(16-19)38-5-2)39-18-27(34)32-21-6-10-23(36-3)11-7-21/h6-16H,4-5,18H2,1-3H3,(H,32,34)(H,33,35)/b20-14+. The Morgan fingerprint density at radius 1 is 0.897 bits per heavy atom. The van der Waals surface area contributed by atoms with Gasteiger partial charge in [0.15, 0.2) is 18.1 Å². The molecule has 0 fully saturated rings. The molecule has 0 aliphatic heterocycles. The number of hydrogen-bond acceptors (Lipinski definition) is 7. The van der Waals surface area contributed by atoms with E-state index in [0.29, 0.717) is 41.7 Å². The summed E-state index contributed by atoms with van der Waals surface area (Å²) in [5, 5.41) is 15.2. The van der Waals surface area contributed by atoms with E-state index in [2.05, 4.69) is 10.6 Å². The molecule has 0 aliphatic carbocycles. The van der Waals surface area contributed by atoms with E-state index in [0.717, 1.165) is 0 Å². The Bertz CT molecular complexity index is 1370. The third-order valence-electron chi connectivity index (χ3n) is 5.15. The molecule has 0 spiro atoms. The average molecular weight is 550 g/mol. The lowest BCUT2D eigenvalue weighted by Gasteiger charge is -2.15. The van der Waals surface area contributed by atoms with Crippen LogP contribution >= 0.6 is 11.6 Å². The minimum Gasteiger partial charge on any atom is -0.497 e. The predicted molar refractivity (Wildman–Crippen MR) is 150 cm³/mol. The number of methoxy groups -OCH3 is 1. The maximum absolute atomic E-state index is 12.7. The number of nitriles is 1. The Labute approximate surface area is 231 Å². The second-order valence-corrected chi connectivity index (χ2v) is 8.32. The van der Waals surface area contributed by atoms with Crippen molar-refractivity contribution < 1.29 is 28.5 Å². The highest BCUT2D eigenvalue weighted by Crippen LogP contribution is 2.37. The smallest absolute Gasteiger partial charge is 0.266 e. The van der Waals surface area contributed by atoms with Gasteiger partial charge in [-0.05, 0) is 86.2 Å². The van der Waals surface area contributed by atoms with E-state index in [1.165, 1.54) is 12.1 Å². The van der Waals surface area contributed by atoms with Crippen LogP contribution in [0, 0.1) is 11.3 Å². The van der Waals surface area contributed by atoms with Gasteiger partial charge in [-0.3, -0.25) is 9.59 Å². The van der Waals surface area contributed by atoms with Crippen LogP contribution in [0.4, 0.5) is 11.4 Å². The van der Waals surface area contributed by atoms with Crippen molar-refractivity contribution in [1.82, 2.24) is 0 Å². The normalized spacial score (nSPS) is 10.7. The Kier molecular flexibility index (Phi) is 10.6. The van der Waals surface area contributed by atoms with Crippen molar-refractivity contribution in [2.45, 2.75) is 13.8 Å². The van der Waals surface area contributed by atoms with Gasteiger partial charge in [0.2, 0.25) is 0 Å². The molecule has 3 aromatic rings. The van der Waals surface area contributed by atoms with E-state index in [-0.39, 0.29) is 28.7 Å². The molecule has 2 amide bonds. The van der Waals surface area contributed by atoms with Gasteiger partial charge in [-0.15, -0.1) is 0 Å². The highest BCUT2D eigenvalue weighted by atomic mass is 35.5. The molecule has 0 unspecified atom stereocenters. The molecule has 0 saturated heterocycles. The first kappa shape index (κ1) is 28.9. The van der Waals surface area contributed by atoms with Crippen molar-refractivity contribution >= 4 is 40.9 Å². The largest absolute Gasteiger partial charge is 0.497 e. The van der Waals surface area contributed by atoms with Gasteiger partial charge >= 0.3 is 0 Å². The molecule has 0 bridgehead atoms. The third kappa shape index (κ3) is 8.42. The Morgan fingerprint density at radius 3 is 2.10 bits per heavy atom. The summed E-state index contributed by atoms with van der Waals surface area (Å²) in [4.78, 5) is 25.1. The van der Waals surface area contributed by atoms with Gasteiger partial charge < -0.3 is 29.6 Å². The summed E-state index contributed by atoms with van der Waals surface area (Å²) < 4.78 is 21.8. The van der Waals surface area contributed by atoms with Gasteiger partial charge in [-0.2, -0.15) is 5.26 Å². The van der Waals surface area contributed by atoms with Crippen LogP contribution in [0.2, 0.25) is 5.02 Å². The lowest BCUT2D eigenvalue weighted by atomic mass is 10.1. The second kappa shape index (κ2) is 14.3. The van der Waals surface area contributed by atoms with Gasteiger partial charge in [0, 0.05) is 11.4 Å². The lowest BCUT2D eigenvalue weighted by molar-refractivity contribution is -0.118. The van der Waals surface area contributed by atoms with Crippen LogP contribution < -0.4 is 29.6 Å². The number of carbonyl (C=O) groups excluding carboxylic acids is 2. The Balaban J connectivity index is 1.72. The summed E-state index contributed by atoms with van der Waals surface area (Å²) in [5.74, 6) is 0.771. The predicted octanol–water partition coefficient (Wildman–Crippen LogP) is 5.71. The second-order valence-electron chi connectivity index (χ2n) is 7.91. The summed E-state index contributed by atoms with van der Waals surface area (Å²) in [7, 11) is 1.56. The van der Waals surface area contributed by atoms with E-state index in [1.807, 2.05) is 13.0 Å². The van der Waals surface area contributed by atoms with Gasteiger partial charge in [0.1, 0.15) is 23.1 Å². The molecule has 39 heavy (non-hydrogen) atoms. The SMILES string of the molecule is CCOc1ccc(NC(=O)/C(C#N)=C/c2cc(Cl)c(OCC(=O)Nc3ccc(OC)cc3)c(OCC)c2)cc1. The number of ether oxygens (including phenoxy) is 4. The van der Waals surface area contributed by atoms with Crippen LogP contribution in [0.3, 0.4) is 0 Å². The van der Waals surface area contributed by atoms with E-state index < -0.39 is 11.8 Å². The topological polar surface area (TPSA) is 119 Å². The number of anilines is 2. The Morgan fingerprint density at radius 2 is 1.51 bits per heavy atom. The van der Waals surface area contributed by atoms with Crippen molar-refractivity contribution in [3.8, 4) is 29.1 Å². The maximum Gasteiger partial charge on any atom is 0.266 e. The molecule has 202 valence electrons. The molecule has 0 heterocycles. The zero-order valence-corrected chi connectivity index (χ0v) is 22.5. The zero-order chi connectivity index (χ0) is 28.2. The first-order valence-electron chi connectivity index (χ1n) is 12.1. The summed E-state index contributed by atoms with van der Waals surface area (Å²) in [5.41, 5.74) is 1.38. The maximum atomic E-state index is 12.7. The molecule has 3 rings (SSSR count). The number of rotatable bonds is 12. The van der Waals surface area contributed by atoms with Gasteiger partial charge in [0.25, 0.3) is 11.8 Å². The average Bonchev–Trinajstić information content (AvgIpc) is 2.93. The first-order valence-corrected chi connectivity index (χ1v) is 12.4. The summed E-state index contributed by atoms with van der Waals surface area (Å²) in [6.45, 7) is 4.15. The Hall–Kier alpha value is -4.68. The van der Waals surface area contributed by atoms with Crippen molar-refractivity contribution in [2.75, 3.05) is 37.6 Å². The van der Waals surface area contributed by atoms with Crippen molar-refractivity contribution in [3.05, 3.63) is 76.8 Å². The minimum atomic E-state index is -0.591. The van der Waals surface area contributed by atoms with E-state index in [9.17, 15) is 14.9 Å². The highest BCUT2D eigenvalue weighted by Gasteiger charge is 2.16. The minimum absolute atomic E-state index is 0.144. The fraction of sp³-hybridized carbons (Fsp3) is 0.207. The van der Waals surface area contributed by atoms with Crippen molar-refractivity contribution in [2.24, 2.45) is 0 Å². The van der Waals surface area contributed by atoms with Crippen molar-refractivity contribution in [1.29, 1.82) is 5.26 Å². The number of benzene rings is 3. The zero-order valence-electron chi connectivity index (χ0n) is 21.7. The molecule has 10 heteroatoms. The fourth-order valence-corrected chi connectivity index (χ4v) is 3.67. The molecule has 3 aromatic carbocycles. The van der Waals surface area contributed by atoms with Crippen LogP contribution in [-0.4, -0.2) is 38.7 Å². The number of amides is 2. The monoisotopic (exact) mass is 549 g/mol. The number of carbonyl (C=O) groups is 2. The molecule has 0 aromatic heterocycles. The van der Waals surface area contributed by atoms with Gasteiger partial charge in [0.05, 0.1) is 25.3 Å². The van der Waals surface area contributed by atoms with Gasteiger partial charge in [-0.1, -0.05) is 11.6 Å². The number of halogens is 1. The van der Waals surface area contributed by atoms with Crippen LogP contribution in [0.25, 0.3) is 6.08 Å². The fourth-order valence-electron chi connectivity index (χ4n) is 3.40. The van der Waals surface area contributed by atoms with Gasteiger partial charge in [-0.25, -0.2) is 0 Å². The van der Waals surface area contributed by atoms with Crippen LogP contribution in [0.15, 0.2) is 66.2 Å². The first-order chi connectivity index (χ1) is 18.9. The molecule has 0 radical (unpaired) electrons. The molecular formula is C29H28ClN3O6. The van der Waals surface area contributed by atoms with Crippen LogP contribution in [0.1, 0.15) is 19.4 Å². The quantitative estimate of drug-likeness (QED) is 0.219. The third-order valence-corrected chi connectivity index (χ3v) is 5.43. The molecular weight excluding hydrogens is 522 g/mol. The number of hydrogen-bond donors (Lipinski definition) is 2. The summed E-state index contributed by atoms with van der Waals surface area (Å²) in [6, 6.07) is 18.7. The molecule has 0 saturated carbocycles.